The summed E-state index contributed by atoms with van der Waals surface area (Å²) in [6.45, 7) is 0. The fourth-order valence-electron chi connectivity index (χ4n) is 1.35. The zero-order valence-corrected chi connectivity index (χ0v) is 9.55. The van der Waals surface area contributed by atoms with Crippen molar-refractivity contribution in [3.8, 4) is 0 Å². The minimum Gasteiger partial charge on any atom is -0.321 e. The summed E-state index contributed by atoms with van der Waals surface area (Å²) in [6.07, 6.45) is 0. The van der Waals surface area contributed by atoms with Crippen LogP contribution in [0.3, 0.4) is 0 Å². The van der Waals surface area contributed by atoms with Crippen LogP contribution in [0.15, 0.2) is 41.2 Å². The molecule has 0 saturated heterocycles. The molecule has 2 aromatic rings. The molecule has 0 fully saturated rings. The van der Waals surface area contributed by atoms with Gasteiger partial charge in [0.1, 0.15) is 11.5 Å². The van der Waals surface area contributed by atoms with Crippen molar-refractivity contribution in [3.63, 3.8) is 0 Å². The van der Waals surface area contributed by atoms with Crippen LogP contribution < -0.4 is 10.9 Å². The van der Waals surface area contributed by atoms with Gasteiger partial charge in [-0.2, -0.15) is 5.10 Å². The number of halogens is 1. The molecule has 2 rings (SSSR count). The summed E-state index contributed by atoms with van der Waals surface area (Å²) in [6, 6.07) is 7.95. The van der Waals surface area contributed by atoms with E-state index in [9.17, 15) is 14.0 Å². The molecule has 5 nitrogen and oxygen atoms in total. The number of hydrogen-bond acceptors (Lipinski definition) is 3. The van der Waals surface area contributed by atoms with E-state index in [0.717, 1.165) is 4.68 Å². The second kappa shape index (κ2) is 4.79. The summed E-state index contributed by atoms with van der Waals surface area (Å²) in [5, 5.41) is 6.35. The molecular formula is C12H10FN3O2. The van der Waals surface area contributed by atoms with Gasteiger partial charge in [0, 0.05) is 18.8 Å². The summed E-state index contributed by atoms with van der Waals surface area (Å²) in [7, 11) is 1.46. The number of amides is 1. The summed E-state index contributed by atoms with van der Waals surface area (Å²) < 4.78 is 13.8. The van der Waals surface area contributed by atoms with E-state index in [-0.39, 0.29) is 17.1 Å². The van der Waals surface area contributed by atoms with Gasteiger partial charge in [0.05, 0.1) is 0 Å². The quantitative estimate of drug-likeness (QED) is 0.866. The summed E-state index contributed by atoms with van der Waals surface area (Å²) >= 11 is 0. The van der Waals surface area contributed by atoms with Gasteiger partial charge in [-0.05, 0) is 30.3 Å². The summed E-state index contributed by atoms with van der Waals surface area (Å²) in [4.78, 5) is 22.9. The Kier molecular flexibility index (Phi) is 3.18. The molecule has 0 unspecified atom stereocenters. The van der Waals surface area contributed by atoms with Crippen molar-refractivity contribution in [3.05, 3.63) is 58.3 Å². The molecular weight excluding hydrogens is 237 g/mol. The molecule has 0 aliphatic heterocycles. The predicted molar refractivity (Wildman–Crippen MR) is 63.8 cm³/mol. The minimum atomic E-state index is -0.461. The second-order valence-electron chi connectivity index (χ2n) is 3.64. The molecule has 0 aliphatic carbocycles. The van der Waals surface area contributed by atoms with Gasteiger partial charge >= 0.3 is 0 Å². The lowest BCUT2D eigenvalue weighted by molar-refractivity contribution is 0.102. The van der Waals surface area contributed by atoms with Crippen LogP contribution in [-0.4, -0.2) is 15.7 Å². The number of rotatable bonds is 2. The molecule has 0 radical (unpaired) electrons. The third kappa shape index (κ3) is 2.60. The van der Waals surface area contributed by atoms with Crippen LogP contribution in [0.1, 0.15) is 10.5 Å². The van der Waals surface area contributed by atoms with E-state index in [4.69, 9.17) is 0 Å². The molecule has 1 aromatic carbocycles. The van der Waals surface area contributed by atoms with Gasteiger partial charge in [0.15, 0.2) is 0 Å². The van der Waals surface area contributed by atoms with Gasteiger partial charge in [-0.25, -0.2) is 9.07 Å². The van der Waals surface area contributed by atoms with E-state index in [0.29, 0.717) is 5.69 Å². The van der Waals surface area contributed by atoms with Crippen LogP contribution in [0.25, 0.3) is 0 Å². The first-order valence-electron chi connectivity index (χ1n) is 5.17. The van der Waals surface area contributed by atoms with E-state index < -0.39 is 5.91 Å². The van der Waals surface area contributed by atoms with E-state index in [1.54, 1.807) is 0 Å². The fraction of sp³-hybridized carbons (Fsp3) is 0.0833. The molecule has 6 heteroatoms. The van der Waals surface area contributed by atoms with Crippen LogP contribution in [0.5, 0.6) is 0 Å². The average Bonchev–Trinajstić information content (AvgIpc) is 2.35. The molecule has 1 aromatic heterocycles. The fourth-order valence-corrected chi connectivity index (χ4v) is 1.35. The lowest BCUT2D eigenvalue weighted by atomic mass is 10.3. The number of hydrogen-bond donors (Lipinski definition) is 1. The third-order valence-corrected chi connectivity index (χ3v) is 2.30. The minimum absolute atomic E-state index is 0.112. The lowest BCUT2D eigenvalue weighted by Gasteiger charge is -2.05. The Morgan fingerprint density at radius 3 is 2.50 bits per heavy atom. The van der Waals surface area contributed by atoms with E-state index in [2.05, 4.69) is 10.4 Å². The molecule has 1 amide bonds. The predicted octanol–water partition coefficient (Wildman–Crippen LogP) is 1.17. The SMILES string of the molecule is Cn1nc(C(=O)Nc2ccc(F)cc2)ccc1=O. The molecule has 0 bridgehead atoms. The topological polar surface area (TPSA) is 64.0 Å². The van der Waals surface area contributed by atoms with Crippen LogP contribution >= 0.6 is 0 Å². The molecule has 1 N–H and O–H groups in total. The highest BCUT2D eigenvalue weighted by Crippen LogP contribution is 2.09. The number of nitrogens with one attached hydrogen (secondary N) is 1. The van der Waals surface area contributed by atoms with Crippen molar-refractivity contribution in [2.75, 3.05) is 5.32 Å². The van der Waals surface area contributed by atoms with Crippen LogP contribution in [0, 0.1) is 5.82 Å². The summed E-state index contributed by atoms with van der Waals surface area (Å²) in [5.74, 6) is -0.842. The summed E-state index contributed by atoms with van der Waals surface area (Å²) in [5.41, 5.74) is 0.270. The van der Waals surface area contributed by atoms with Crippen molar-refractivity contribution < 1.29 is 9.18 Å². The number of benzene rings is 1. The molecule has 0 atom stereocenters. The van der Waals surface area contributed by atoms with E-state index in [1.807, 2.05) is 0 Å². The molecule has 0 aliphatic rings. The maximum atomic E-state index is 12.7. The first kappa shape index (κ1) is 12.0. The Labute approximate surface area is 102 Å². The Morgan fingerprint density at radius 1 is 1.22 bits per heavy atom. The number of aryl methyl sites for hydroxylation is 1. The third-order valence-electron chi connectivity index (χ3n) is 2.30. The van der Waals surface area contributed by atoms with Crippen molar-refractivity contribution in [2.45, 2.75) is 0 Å². The maximum Gasteiger partial charge on any atom is 0.276 e. The first-order chi connectivity index (χ1) is 8.56. The van der Waals surface area contributed by atoms with Crippen molar-refractivity contribution in [2.24, 2.45) is 7.05 Å². The number of anilines is 1. The van der Waals surface area contributed by atoms with E-state index in [1.165, 1.54) is 43.4 Å². The van der Waals surface area contributed by atoms with Gasteiger partial charge in [-0.15, -0.1) is 0 Å². The zero-order chi connectivity index (χ0) is 13.1. The molecule has 92 valence electrons. The first-order valence-corrected chi connectivity index (χ1v) is 5.17. The maximum absolute atomic E-state index is 12.7. The molecule has 18 heavy (non-hydrogen) atoms. The highest BCUT2D eigenvalue weighted by molar-refractivity contribution is 6.02. The van der Waals surface area contributed by atoms with E-state index >= 15 is 0 Å². The Hall–Kier alpha value is -2.50. The molecule has 0 spiro atoms. The van der Waals surface area contributed by atoms with Crippen LogP contribution in [0.4, 0.5) is 10.1 Å². The van der Waals surface area contributed by atoms with Crippen molar-refractivity contribution >= 4 is 11.6 Å². The highest BCUT2D eigenvalue weighted by Gasteiger charge is 2.08. The van der Waals surface area contributed by atoms with Crippen LogP contribution in [-0.2, 0) is 7.05 Å². The lowest BCUT2D eigenvalue weighted by Crippen LogP contribution is -2.23. The zero-order valence-electron chi connectivity index (χ0n) is 9.55. The van der Waals surface area contributed by atoms with Gasteiger partial charge in [-0.3, -0.25) is 9.59 Å². The van der Waals surface area contributed by atoms with Gasteiger partial charge in [0.2, 0.25) is 0 Å². The number of carbonyl (C=O) groups is 1. The van der Waals surface area contributed by atoms with Crippen molar-refractivity contribution in [1.82, 2.24) is 9.78 Å². The Morgan fingerprint density at radius 2 is 1.89 bits per heavy atom. The average molecular weight is 247 g/mol. The van der Waals surface area contributed by atoms with Crippen molar-refractivity contribution in [1.29, 1.82) is 0 Å². The normalized spacial score (nSPS) is 10.1. The smallest absolute Gasteiger partial charge is 0.276 e. The van der Waals surface area contributed by atoms with Gasteiger partial charge < -0.3 is 5.32 Å². The number of aromatic nitrogens is 2. The number of nitrogens with zero attached hydrogens (tertiary/aromatic N) is 2. The van der Waals surface area contributed by atoms with Gasteiger partial charge in [0.25, 0.3) is 11.5 Å². The second-order valence-corrected chi connectivity index (χ2v) is 3.64. The number of carbonyl (C=O) groups excluding carboxylic acids is 1. The molecule has 0 saturated carbocycles. The molecule has 1 heterocycles. The Bertz CT molecular complexity index is 635. The van der Waals surface area contributed by atoms with Crippen LogP contribution in [0.2, 0.25) is 0 Å². The monoisotopic (exact) mass is 247 g/mol. The Balaban J connectivity index is 2.19. The largest absolute Gasteiger partial charge is 0.321 e. The van der Waals surface area contributed by atoms with Gasteiger partial charge in [-0.1, -0.05) is 0 Å². The highest BCUT2D eigenvalue weighted by atomic mass is 19.1. The standard InChI is InChI=1S/C12H10FN3O2/c1-16-11(17)7-6-10(15-16)12(18)14-9-4-2-8(13)3-5-9/h2-7H,1H3,(H,14,18).